The van der Waals surface area contributed by atoms with E-state index < -0.39 is 10.9 Å². The van der Waals surface area contributed by atoms with Crippen LogP contribution in [0.25, 0.3) is 10.9 Å². The molecule has 0 unspecified atom stereocenters. The van der Waals surface area contributed by atoms with Gasteiger partial charge in [-0.1, -0.05) is 17.7 Å². The van der Waals surface area contributed by atoms with Crippen molar-refractivity contribution in [3.63, 3.8) is 0 Å². The van der Waals surface area contributed by atoms with Gasteiger partial charge in [0, 0.05) is 53.5 Å². The Bertz CT molecular complexity index is 1010. The molecule has 0 spiro atoms. The fraction of sp³-hybridized carbons (Fsp3) is 0.167. The third-order valence-corrected chi connectivity index (χ3v) is 4.42. The third kappa shape index (κ3) is 3.48. The largest absolute Gasteiger partial charge is 0.478 e. The van der Waals surface area contributed by atoms with Crippen LogP contribution < -0.4 is 5.32 Å². The Morgan fingerprint density at radius 2 is 2.08 bits per heavy atom. The first-order valence-electron chi connectivity index (χ1n) is 7.86. The molecule has 134 valence electrons. The topological polar surface area (TPSA) is 97.4 Å². The summed E-state index contributed by atoms with van der Waals surface area (Å²) in [5.41, 5.74) is 2.11. The first-order valence-corrected chi connectivity index (χ1v) is 8.23. The standard InChI is InChI=1S/C18H16ClN3O4/c1-21-10-11(14-4-2-12(19)8-17(14)21)6-7-20-16-5-3-13(22(25)26)9-15(16)18(23)24/h2-5,8-10,20H,6-7H2,1H3,(H,23,24). The lowest BCUT2D eigenvalue weighted by molar-refractivity contribution is -0.384. The second-order valence-corrected chi connectivity index (χ2v) is 6.33. The summed E-state index contributed by atoms with van der Waals surface area (Å²) in [5.74, 6) is -1.21. The fourth-order valence-electron chi connectivity index (χ4n) is 2.95. The van der Waals surface area contributed by atoms with Gasteiger partial charge in [0.2, 0.25) is 0 Å². The molecule has 0 saturated carbocycles. The zero-order valence-electron chi connectivity index (χ0n) is 13.9. The summed E-state index contributed by atoms with van der Waals surface area (Å²) < 4.78 is 1.99. The van der Waals surface area contributed by atoms with Crippen molar-refractivity contribution < 1.29 is 14.8 Å². The highest BCUT2D eigenvalue weighted by molar-refractivity contribution is 6.31. The third-order valence-electron chi connectivity index (χ3n) is 4.19. The summed E-state index contributed by atoms with van der Waals surface area (Å²) >= 11 is 6.04. The minimum Gasteiger partial charge on any atom is -0.478 e. The number of halogens is 1. The summed E-state index contributed by atoms with van der Waals surface area (Å²) in [6.07, 6.45) is 2.67. The Balaban J connectivity index is 1.78. The molecule has 0 amide bonds. The Kier molecular flexibility index (Phi) is 4.81. The molecule has 2 N–H and O–H groups in total. The molecular formula is C18H16ClN3O4. The second-order valence-electron chi connectivity index (χ2n) is 5.90. The smallest absolute Gasteiger partial charge is 0.338 e. The lowest BCUT2D eigenvalue weighted by Gasteiger charge is -2.09. The number of nitrogens with one attached hydrogen (secondary N) is 1. The van der Waals surface area contributed by atoms with Crippen LogP contribution in [0.3, 0.4) is 0 Å². The number of anilines is 1. The van der Waals surface area contributed by atoms with Crippen LogP contribution in [0.15, 0.2) is 42.6 Å². The summed E-state index contributed by atoms with van der Waals surface area (Å²) in [6, 6.07) is 9.46. The van der Waals surface area contributed by atoms with E-state index in [0.717, 1.165) is 22.5 Å². The predicted molar refractivity (Wildman–Crippen MR) is 100 cm³/mol. The van der Waals surface area contributed by atoms with E-state index >= 15 is 0 Å². The van der Waals surface area contributed by atoms with E-state index in [1.165, 1.54) is 12.1 Å². The molecule has 0 radical (unpaired) electrons. The molecule has 26 heavy (non-hydrogen) atoms. The molecule has 0 bridgehead atoms. The van der Waals surface area contributed by atoms with Crippen LogP contribution in [0.1, 0.15) is 15.9 Å². The molecule has 0 aliphatic rings. The molecule has 3 rings (SSSR count). The van der Waals surface area contributed by atoms with E-state index in [1.807, 2.05) is 36.0 Å². The fourth-order valence-corrected chi connectivity index (χ4v) is 3.12. The summed E-state index contributed by atoms with van der Waals surface area (Å²) in [6.45, 7) is 0.486. The van der Waals surface area contributed by atoms with Crippen LogP contribution >= 0.6 is 11.6 Å². The van der Waals surface area contributed by atoms with Crippen molar-refractivity contribution in [3.8, 4) is 0 Å². The number of fused-ring (bicyclic) bond motifs is 1. The van der Waals surface area contributed by atoms with E-state index in [0.29, 0.717) is 23.7 Å². The molecule has 0 aliphatic heterocycles. The zero-order valence-corrected chi connectivity index (χ0v) is 14.7. The number of nitrogens with zero attached hydrogens (tertiary/aromatic N) is 2. The number of carboxylic acid groups (broad SMARTS) is 1. The number of carbonyl (C=O) groups is 1. The van der Waals surface area contributed by atoms with Gasteiger partial charge in [0.05, 0.1) is 10.5 Å². The monoisotopic (exact) mass is 373 g/mol. The Morgan fingerprint density at radius 1 is 1.31 bits per heavy atom. The highest BCUT2D eigenvalue weighted by Gasteiger charge is 2.16. The van der Waals surface area contributed by atoms with Crippen LogP contribution in [0.4, 0.5) is 11.4 Å². The van der Waals surface area contributed by atoms with Gasteiger partial charge in [-0.2, -0.15) is 0 Å². The molecule has 0 fully saturated rings. The van der Waals surface area contributed by atoms with Crippen LogP contribution in [0, 0.1) is 10.1 Å². The molecule has 0 saturated heterocycles. The molecule has 1 aromatic heterocycles. The van der Waals surface area contributed by atoms with Gasteiger partial charge in [0.1, 0.15) is 0 Å². The number of non-ortho nitro benzene ring substituents is 1. The Morgan fingerprint density at radius 3 is 2.77 bits per heavy atom. The van der Waals surface area contributed by atoms with E-state index in [1.54, 1.807) is 0 Å². The molecule has 0 atom stereocenters. The number of aromatic carboxylic acids is 1. The van der Waals surface area contributed by atoms with Crippen molar-refractivity contribution in [2.45, 2.75) is 6.42 Å². The SMILES string of the molecule is Cn1cc(CCNc2ccc([N+](=O)[O-])cc2C(=O)O)c2ccc(Cl)cc21. The average Bonchev–Trinajstić information content (AvgIpc) is 2.90. The van der Waals surface area contributed by atoms with E-state index in [-0.39, 0.29) is 11.3 Å². The van der Waals surface area contributed by atoms with Gasteiger partial charge < -0.3 is 15.0 Å². The average molecular weight is 374 g/mol. The lowest BCUT2D eigenvalue weighted by atomic mass is 10.1. The minimum absolute atomic E-state index is 0.121. The van der Waals surface area contributed by atoms with Gasteiger partial charge in [-0.3, -0.25) is 10.1 Å². The molecular weight excluding hydrogens is 358 g/mol. The predicted octanol–water partition coefficient (Wildman–Crippen LogP) is 4.09. The van der Waals surface area contributed by atoms with Crippen LogP contribution in [-0.2, 0) is 13.5 Å². The summed E-state index contributed by atoms with van der Waals surface area (Å²) in [7, 11) is 1.94. The Hall–Kier alpha value is -3.06. The van der Waals surface area contributed by atoms with Crippen molar-refractivity contribution >= 4 is 39.8 Å². The molecule has 7 nitrogen and oxygen atoms in total. The normalized spacial score (nSPS) is 10.8. The van der Waals surface area contributed by atoms with Gasteiger partial charge in [-0.15, -0.1) is 0 Å². The number of nitro benzene ring substituents is 1. The van der Waals surface area contributed by atoms with Crippen molar-refractivity contribution in [1.29, 1.82) is 0 Å². The highest BCUT2D eigenvalue weighted by atomic mass is 35.5. The Labute approximate surface area is 154 Å². The maximum absolute atomic E-state index is 11.4. The van der Waals surface area contributed by atoms with Gasteiger partial charge in [-0.05, 0) is 30.2 Å². The summed E-state index contributed by atoms with van der Waals surface area (Å²) in [5, 5.41) is 24.9. The quantitative estimate of drug-likeness (QED) is 0.501. The highest BCUT2D eigenvalue weighted by Crippen LogP contribution is 2.25. The van der Waals surface area contributed by atoms with Crippen LogP contribution in [0.2, 0.25) is 5.02 Å². The van der Waals surface area contributed by atoms with Gasteiger partial charge in [0.15, 0.2) is 0 Å². The number of nitro groups is 1. The second kappa shape index (κ2) is 7.05. The number of carboxylic acids is 1. The van der Waals surface area contributed by atoms with Crippen LogP contribution in [0.5, 0.6) is 0 Å². The zero-order chi connectivity index (χ0) is 18.8. The summed E-state index contributed by atoms with van der Waals surface area (Å²) in [4.78, 5) is 21.6. The number of benzene rings is 2. The van der Waals surface area contributed by atoms with Gasteiger partial charge >= 0.3 is 5.97 Å². The molecule has 8 heteroatoms. The number of hydrogen-bond acceptors (Lipinski definition) is 4. The van der Waals surface area contributed by atoms with E-state index in [9.17, 15) is 20.0 Å². The molecule has 2 aromatic carbocycles. The van der Waals surface area contributed by atoms with Crippen molar-refractivity contribution in [2.75, 3.05) is 11.9 Å². The lowest BCUT2D eigenvalue weighted by Crippen LogP contribution is -2.10. The van der Waals surface area contributed by atoms with Crippen LogP contribution in [-0.4, -0.2) is 27.1 Å². The van der Waals surface area contributed by atoms with Gasteiger partial charge in [0.25, 0.3) is 5.69 Å². The molecule has 1 heterocycles. The number of aromatic nitrogens is 1. The van der Waals surface area contributed by atoms with E-state index in [4.69, 9.17) is 11.6 Å². The first kappa shape index (κ1) is 17.8. The number of rotatable bonds is 6. The maximum atomic E-state index is 11.4. The minimum atomic E-state index is -1.21. The maximum Gasteiger partial charge on any atom is 0.338 e. The van der Waals surface area contributed by atoms with Gasteiger partial charge in [-0.25, -0.2) is 4.79 Å². The number of hydrogen-bond donors (Lipinski definition) is 2. The molecule has 0 aliphatic carbocycles. The molecule has 3 aromatic rings. The first-order chi connectivity index (χ1) is 12.4. The van der Waals surface area contributed by atoms with Crippen molar-refractivity contribution in [2.24, 2.45) is 7.05 Å². The number of aryl methyl sites for hydroxylation is 1. The van der Waals surface area contributed by atoms with E-state index in [2.05, 4.69) is 5.32 Å². The van der Waals surface area contributed by atoms with Crippen molar-refractivity contribution in [1.82, 2.24) is 4.57 Å². The van der Waals surface area contributed by atoms with Crippen molar-refractivity contribution in [3.05, 3.63) is 68.9 Å².